The Labute approximate surface area is 183 Å². The number of halogens is 1. The SMILES string of the molecule is CC(C)NC(=O)CN1CCN(C(=O)c2cnn(-c3ccc(Cl)cc3)c2C(C)C)CC1. The monoisotopic (exact) mass is 431 g/mol. The molecule has 7 nitrogen and oxygen atoms in total. The van der Waals surface area contributed by atoms with Gasteiger partial charge in [0, 0.05) is 37.2 Å². The molecule has 0 unspecified atom stereocenters. The fourth-order valence-corrected chi connectivity index (χ4v) is 3.84. The van der Waals surface area contributed by atoms with Gasteiger partial charge in [0.2, 0.25) is 5.91 Å². The zero-order valence-electron chi connectivity index (χ0n) is 18.1. The van der Waals surface area contributed by atoms with Crippen LogP contribution >= 0.6 is 11.6 Å². The third kappa shape index (κ3) is 5.21. The Balaban J connectivity index is 1.70. The van der Waals surface area contributed by atoms with Gasteiger partial charge in [-0.1, -0.05) is 25.4 Å². The van der Waals surface area contributed by atoms with Crippen molar-refractivity contribution in [3.8, 4) is 5.69 Å². The summed E-state index contributed by atoms with van der Waals surface area (Å²) in [6.45, 7) is 10.9. The van der Waals surface area contributed by atoms with Gasteiger partial charge in [-0.3, -0.25) is 14.5 Å². The Morgan fingerprint density at radius 2 is 1.70 bits per heavy atom. The largest absolute Gasteiger partial charge is 0.353 e. The predicted molar refractivity (Wildman–Crippen MR) is 118 cm³/mol. The number of carbonyl (C=O) groups excluding carboxylic acids is 2. The fourth-order valence-electron chi connectivity index (χ4n) is 3.72. The van der Waals surface area contributed by atoms with Crippen molar-refractivity contribution in [2.75, 3.05) is 32.7 Å². The summed E-state index contributed by atoms with van der Waals surface area (Å²) in [6.07, 6.45) is 1.66. The zero-order chi connectivity index (χ0) is 21.8. The van der Waals surface area contributed by atoms with Gasteiger partial charge in [-0.05, 0) is 44.0 Å². The summed E-state index contributed by atoms with van der Waals surface area (Å²) in [5, 5.41) is 8.07. The molecule has 0 saturated carbocycles. The second-order valence-electron chi connectivity index (χ2n) is 8.28. The lowest BCUT2D eigenvalue weighted by Gasteiger charge is -2.34. The Morgan fingerprint density at radius 1 is 1.07 bits per heavy atom. The van der Waals surface area contributed by atoms with E-state index in [0.29, 0.717) is 43.3 Å². The van der Waals surface area contributed by atoms with E-state index in [-0.39, 0.29) is 23.8 Å². The van der Waals surface area contributed by atoms with Crippen molar-refractivity contribution in [3.05, 3.63) is 46.7 Å². The van der Waals surface area contributed by atoms with Crippen LogP contribution in [0.2, 0.25) is 5.02 Å². The molecule has 162 valence electrons. The molecule has 0 spiro atoms. The van der Waals surface area contributed by atoms with Gasteiger partial charge in [0.05, 0.1) is 29.7 Å². The van der Waals surface area contributed by atoms with Crippen molar-refractivity contribution in [3.63, 3.8) is 0 Å². The average molecular weight is 432 g/mol. The molecular weight excluding hydrogens is 402 g/mol. The van der Waals surface area contributed by atoms with E-state index < -0.39 is 0 Å². The highest BCUT2D eigenvalue weighted by Gasteiger charge is 2.28. The van der Waals surface area contributed by atoms with Crippen LogP contribution in [0.25, 0.3) is 5.69 Å². The van der Waals surface area contributed by atoms with E-state index in [1.807, 2.05) is 47.7 Å². The van der Waals surface area contributed by atoms with Gasteiger partial charge in [-0.25, -0.2) is 4.68 Å². The Hall–Kier alpha value is -2.38. The second kappa shape index (κ2) is 9.62. The predicted octanol–water partition coefficient (Wildman–Crippen LogP) is 2.93. The van der Waals surface area contributed by atoms with E-state index in [1.54, 1.807) is 6.20 Å². The molecule has 1 fully saturated rings. The van der Waals surface area contributed by atoms with Crippen molar-refractivity contribution in [1.29, 1.82) is 0 Å². The van der Waals surface area contributed by atoms with E-state index in [0.717, 1.165) is 11.4 Å². The number of piperazine rings is 1. The topological polar surface area (TPSA) is 70.5 Å². The number of carbonyl (C=O) groups is 2. The van der Waals surface area contributed by atoms with Crippen LogP contribution in [0.1, 0.15) is 49.7 Å². The van der Waals surface area contributed by atoms with Crippen LogP contribution in [0.4, 0.5) is 0 Å². The standard InChI is InChI=1S/C22H30ClN5O2/c1-15(2)21-19(13-24-28(21)18-7-5-17(23)6-8-18)22(30)27-11-9-26(10-12-27)14-20(29)25-16(3)4/h5-8,13,15-16H,9-12,14H2,1-4H3,(H,25,29). The Morgan fingerprint density at radius 3 is 2.27 bits per heavy atom. The highest BCUT2D eigenvalue weighted by atomic mass is 35.5. The Bertz CT molecular complexity index is 883. The van der Waals surface area contributed by atoms with Crippen molar-refractivity contribution < 1.29 is 9.59 Å². The number of hydrogen-bond donors (Lipinski definition) is 1. The van der Waals surface area contributed by atoms with Crippen LogP contribution in [-0.2, 0) is 4.79 Å². The van der Waals surface area contributed by atoms with Gasteiger partial charge in [-0.2, -0.15) is 5.10 Å². The Kier molecular flexibility index (Phi) is 7.15. The van der Waals surface area contributed by atoms with Gasteiger partial charge in [-0.15, -0.1) is 0 Å². The molecule has 0 bridgehead atoms. The molecule has 0 radical (unpaired) electrons. The quantitative estimate of drug-likeness (QED) is 0.763. The first-order chi connectivity index (χ1) is 14.3. The maximum absolute atomic E-state index is 13.3. The second-order valence-corrected chi connectivity index (χ2v) is 8.71. The lowest BCUT2D eigenvalue weighted by atomic mass is 10.0. The van der Waals surface area contributed by atoms with Crippen LogP contribution in [0.15, 0.2) is 30.5 Å². The minimum atomic E-state index is -0.00908. The van der Waals surface area contributed by atoms with Crippen molar-refractivity contribution in [1.82, 2.24) is 24.9 Å². The molecule has 1 aliphatic heterocycles. The molecule has 2 amide bonds. The number of hydrogen-bond acceptors (Lipinski definition) is 4. The van der Waals surface area contributed by atoms with Crippen LogP contribution in [0.5, 0.6) is 0 Å². The van der Waals surface area contributed by atoms with E-state index >= 15 is 0 Å². The zero-order valence-corrected chi connectivity index (χ0v) is 18.8. The highest BCUT2D eigenvalue weighted by Crippen LogP contribution is 2.25. The number of benzene rings is 1. The van der Waals surface area contributed by atoms with Gasteiger partial charge in [0.1, 0.15) is 0 Å². The third-order valence-corrected chi connectivity index (χ3v) is 5.38. The first kappa shape index (κ1) is 22.3. The molecule has 3 rings (SSSR count). The van der Waals surface area contributed by atoms with Crippen LogP contribution in [-0.4, -0.2) is 70.2 Å². The summed E-state index contributed by atoms with van der Waals surface area (Å²) < 4.78 is 1.82. The first-order valence-electron chi connectivity index (χ1n) is 10.4. The van der Waals surface area contributed by atoms with Crippen LogP contribution < -0.4 is 5.32 Å². The van der Waals surface area contributed by atoms with E-state index in [2.05, 4.69) is 29.2 Å². The number of rotatable bonds is 6. The summed E-state index contributed by atoms with van der Waals surface area (Å²) in [4.78, 5) is 29.2. The van der Waals surface area contributed by atoms with Gasteiger partial charge in [0.25, 0.3) is 5.91 Å². The summed E-state index contributed by atoms with van der Waals surface area (Å²) in [6, 6.07) is 7.57. The highest BCUT2D eigenvalue weighted by molar-refractivity contribution is 6.30. The lowest BCUT2D eigenvalue weighted by molar-refractivity contribution is -0.123. The smallest absolute Gasteiger partial charge is 0.257 e. The number of nitrogens with one attached hydrogen (secondary N) is 1. The molecule has 30 heavy (non-hydrogen) atoms. The van der Waals surface area contributed by atoms with Gasteiger partial charge >= 0.3 is 0 Å². The molecule has 0 atom stereocenters. The molecule has 2 heterocycles. The fraction of sp³-hybridized carbons (Fsp3) is 0.500. The van der Waals surface area contributed by atoms with Crippen molar-refractivity contribution in [2.24, 2.45) is 0 Å². The van der Waals surface area contributed by atoms with E-state index in [4.69, 9.17) is 11.6 Å². The normalized spacial score (nSPS) is 15.1. The molecular formula is C22H30ClN5O2. The number of aromatic nitrogens is 2. The number of amides is 2. The maximum atomic E-state index is 13.3. The molecule has 1 saturated heterocycles. The summed E-state index contributed by atoms with van der Waals surface area (Å²) in [7, 11) is 0. The van der Waals surface area contributed by atoms with E-state index in [9.17, 15) is 9.59 Å². The first-order valence-corrected chi connectivity index (χ1v) is 10.8. The van der Waals surface area contributed by atoms with Crippen molar-refractivity contribution >= 4 is 23.4 Å². The molecule has 1 aliphatic rings. The lowest BCUT2D eigenvalue weighted by Crippen LogP contribution is -2.51. The molecule has 1 aromatic carbocycles. The number of nitrogens with zero attached hydrogens (tertiary/aromatic N) is 4. The maximum Gasteiger partial charge on any atom is 0.257 e. The minimum absolute atomic E-state index is 0.00908. The molecule has 2 aromatic rings. The van der Waals surface area contributed by atoms with Gasteiger partial charge < -0.3 is 10.2 Å². The molecule has 1 aromatic heterocycles. The summed E-state index contributed by atoms with van der Waals surface area (Å²) in [5.74, 6) is 0.143. The summed E-state index contributed by atoms with van der Waals surface area (Å²) in [5.41, 5.74) is 2.40. The minimum Gasteiger partial charge on any atom is -0.353 e. The molecule has 0 aliphatic carbocycles. The molecule has 1 N–H and O–H groups in total. The third-order valence-electron chi connectivity index (χ3n) is 5.13. The van der Waals surface area contributed by atoms with Crippen LogP contribution in [0.3, 0.4) is 0 Å². The van der Waals surface area contributed by atoms with Crippen LogP contribution in [0, 0.1) is 0 Å². The average Bonchev–Trinajstić information content (AvgIpc) is 3.13. The molecule has 8 heteroatoms. The van der Waals surface area contributed by atoms with Gasteiger partial charge in [0.15, 0.2) is 0 Å². The van der Waals surface area contributed by atoms with Crippen molar-refractivity contribution in [2.45, 2.75) is 39.7 Å². The summed E-state index contributed by atoms with van der Waals surface area (Å²) >= 11 is 6.01. The van der Waals surface area contributed by atoms with E-state index in [1.165, 1.54) is 0 Å².